The minimum Gasteiger partial charge on any atom is -0.364 e. The Labute approximate surface area is 92.3 Å². The SMILES string of the molecule is CN(C)C/C=C/C(=O)NCC(F)(F)C(N)=O. The second-order valence-corrected chi connectivity index (χ2v) is 3.45. The van der Waals surface area contributed by atoms with Gasteiger partial charge in [-0.1, -0.05) is 6.08 Å². The molecule has 0 spiro atoms. The van der Waals surface area contributed by atoms with Crippen LogP contribution in [0, 0.1) is 0 Å². The van der Waals surface area contributed by atoms with E-state index in [0.29, 0.717) is 6.54 Å². The second kappa shape index (κ2) is 6.16. The first-order chi connectivity index (χ1) is 7.25. The highest BCUT2D eigenvalue weighted by Gasteiger charge is 2.36. The van der Waals surface area contributed by atoms with E-state index in [4.69, 9.17) is 0 Å². The molecule has 2 amide bonds. The number of halogens is 2. The highest BCUT2D eigenvalue weighted by molar-refractivity contribution is 5.88. The first kappa shape index (κ1) is 14.5. The normalized spacial score (nSPS) is 12.1. The standard InChI is InChI=1S/C9H15F2N3O2/c1-14(2)5-3-4-7(15)13-6-9(10,11)8(12)16/h3-4H,5-6H2,1-2H3,(H2,12,16)(H,13,15)/b4-3+. The largest absolute Gasteiger partial charge is 0.364 e. The van der Waals surface area contributed by atoms with Crippen molar-refractivity contribution in [3.63, 3.8) is 0 Å². The third kappa shape index (κ3) is 6.07. The summed E-state index contributed by atoms with van der Waals surface area (Å²) in [6.07, 6.45) is 2.63. The van der Waals surface area contributed by atoms with Crippen LogP contribution in [0.15, 0.2) is 12.2 Å². The van der Waals surface area contributed by atoms with E-state index in [2.05, 4.69) is 5.73 Å². The van der Waals surface area contributed by atoms with Crippen LogP contribution in [0.1, 0.15) is 0 Å². The van der Waals surface area contributed by atoms with E-state index >= 15 is 0 Å². The van der Waals surface area contributed by atoms with Crippen LogP contribution in [0.2, 0.25) is 0 Å². The fourth-order valence-corrected chi connectivity index (χ4v) is 0.715. The molecule has 16 heavy (non-hydrogen) atoms. The van der Waals surface area contributed by atoms with Crippen molar-refractivity contribution in [2.75, 3.05) is 27.2 Å². The summed E-state index contributed by atoms with van der Waals surface area (Å²) < 4.78 is 25.3. The molecule has 7 heteroatoms. The van der Waals surface area contributed by atoms with Crippen LogP contribution < -0.4 is 11.1 Å². The van der Waals surface area contributed by atoms with Crippen LogP contribution in [0.5, 0.6) is 0 Å². The van der Waals surface area contributed by atoms with Gasteiger partial charge in [0, 0.05) is 12.6 Å². The summed E-state index contributed by atoms with van der Waals surface area (Å²) in [5.41, 5.74) is 4.43. The molecule has 0 rings (SSSR count). The van der Waals surface area contributed by atoms with Crippen molar-refractivity contribution in [1.82, 2.24) is 10.2 Å². The molecule has 0 heterocycles. The zero-order chi connectivity index (χ0) is 12.8. The molecule has 0 atom stereocenters. The summed E-state index contributed by atoms with van der Waals surface area (Å²) in [6.45, 7) is -0.576. The Kier molecular flexibility index (Phi) is 5.59. The Morgan fingerprint density at radius 1 is 1.44 bits per heavy atom. The molecule has 0 bridgehead atoms. The Morgan fingerprint density at radius 2 is 2.00 bits per heavy atom. The average molecular weight is 235 g/mol. The maximum absolute atomic E-state index is 12.6. The molecule has 0 saturated heterocycles. The van der Waals surface area contributed by atoms with Gasteiger partial charge in [-0.2, -0.15) is 8.78 Å². The molecular weight excluding hydrogens is 220 g/mol. The number of alkyl halides is 2. The summed E-state index contributed by atoms with van der Waals surface area (Å²) in [5, 5.41) is 1.88. The highest BCUT2D eigenvalue weighted by atomic mass is 19.3. The monoisotopic (exact) mass is 235 g/mol. The molecule has 92 valence electrons. The maximum atomic E-state index is 12.6. The predicted octanol–water partition coefficient (Wildman–Crippen LogP) is -0.659. The van der Waals surface area contributed by atoms with Gasteiger partial charge in [0.05, 0.1) is 6.54 Å². The quantitative estimate of drug-likeness (QED) is 0.600. The third-order valence-corrected chi connectivity index (χ3v) is 1.58. The summed E-state index contributed by atoms with van der Waals surface area (Å²) in [4.78, 5) is 23.0. The first-order valence-electron chi connectivity index (χ1n) is 4.52. The van der Waals surface area contributed by atoms with E-state index in [1.54, 1.807) is 19.0 Å². The van der Waals surface area contributed by atoms with Gasteiger partial charge in [-0.05, 0) is 14.1 Å². The Bertz CT molecular complexity index is 290. The molecule has 0 aliphatic carbocycles. The molecule has 0 saturated carbocycles. The van der Waals surface area contributed by atoms with Gasteiger partial charge in [0.25, 0.3) is 5.91 Å². The van der Waals surface area contributed by atoms with Crippen LogP contribution in [-0.2, 0) is 9.59 Å². The Balaban J connectivity index is 3.99. The number of amides is 2. The topological polar surface area (TPSA) is 75.4 Å². The zero-order valence-electron chi connectivity index (χ0n) is 9.17. The lowest BCUT2D eigenvalue weighted by molar-refractivity contribution is -0.141. The smallest absolute Gasteiger partial charge is 0.341 e. The first-order valence-corrected chi connectivity index (χ1v) is 4.52. The van der Waals surface area contributed by atoms with E-state index in [-0.39, 0.29) is 0 Å². The number of nitrogens with zero attached hydrogens (tertiary/aromatic N) is 1. The van der Waals surface area contributed by atoms with Gasteiger partial charge in [-0.15, -0.1) is 0 Å². The van der Waals surface area contributed by atoms with E-state index in [0.717, 1.165) is 6.08 Å². The maximum Gasteiger partial charge on any atom is 0.341 e. The van der Waals surface area contributed by atoms with E-state index < -0.39 is 24.3 Å². The number of carbonyl (C=O) groups is 2. The van der Waals surface area contributed by atoms with Crippen molar-refractivity contribution in [3.05, 3.63) is 12.2 Å². The molecule has 0 aliphatic heterocycles. The minimum atomic E-state index is -3.72. The molecule has 5 nitrogen and oxygen atoms in total. The van der Waals surface area contributed by atoms with Crippen molar-refractivity contribution >= 4 is 11.8 Å². The number of primary amides is 1. The molecule has 3 N–H and O–H groups in total. The molecule has 0 unspecified atom stereocenters. The van der Waals surface area contributed by atoms with Gasteiger partial charge in [0.2, 0.25) is 5.91 Å². The van der Waals surface area contributed by atoms with E-state index in [9.17, 15) is 18.4 Å². The number of carbonyl (C=O) groups excluding carboxylic acids is 2. The van der Waals surface area contributed by atoms with Crippen molar-refractivity contribution in [1.29, 1.82) is 0 Å². The van der Waals surface area contributed by atoms with E-state index in [1.165, 1.54) is 6.08 Å². The van der Waals surface area contributed by atoms with Gasteiger partial charge >= 0.3 is 5.92 Å². The molecule has 0 fully saturated rings. The average Bonchev–Trinajstić information content (AvgIpc) is 2.14. The fraction of sp³-hybridized carbons (Fsp3) is 0.556. The van der Waals surface area contributed by atoms with Crippen LogP contribution >= 0.6 is 0 Å². The summed E-state index contributed by atoms with van der Waals surface area (Å²) in [7, 11) is 3.59. The number of likely N-dealkylation sites (N-methyl/N-ethyl adjacent to an activating group) is 1. The lowest BCUT2D eigenvalue weighted by atomic mass is 10.3. The molecule has 0 aromatic rings. The van der Waals surface area contributed by atoms with Crippen LogP contribution in [0.25, 0.3) is 0 Å². The van der Waals surface area contributed by atoms with Gasteiger partial charge < -0.3 is 16.0 Å². The summed E-state index contributed by atoms with van der Waals surface area (Å²) in [6, 6.07) is 0. The minimum absolute atomic E-state index is 0.514. The van der Waals surface area contributed by atoms with Gasteiger partial charge in [0.1, 0.15) is 0 Å². The summed E-state index contributed by atoms with van der Waals surface area (Å²) in [5.74, 6) is -6.17. The Morgan fingerprint density at radius 3 is 2.44 bits per heavy atom. The molecule has 0 aromatic heterocycles. The number of hydrogen-bond donors (Lipinski definition) is 2. The van der Waals surface area contributed by atoms with Crippen molar-refractivity contribution < 1.29 is 18.4 Å². The Hall–Kier alpha value is -1.50. The molecule has 0 radical (unpaired) electrons. The molecular formula is C9H15F2N3O2. The lowest BCUT2D eigenvalue weighted by Crippen LogP contribution is -2.45. The van der Waals surface area contributed by atoms with Crippen molar-refractivity contribution in [2.24, 2.45) is 5.73 Å². The number of hydrogen-bond acceptors (Lipinski definition) is 3. The van der Waals surface area contributed by atoms with Crippen molar-refractivity contribution in [2.45, 2.75) is 5.92 Å². The fourth-order valence-electron chi connectivity index (χ4n) is 0.715. The zero-order valence-corrected chi connectivity index (χ0v) is 9.17. The highest BCUT2D eigenvalue weighted by Crippen LogP contribution is 2.09. The number of nitrogens with one attached hydrogen (secondary N) is 1. The second-order valence-electron chi connectivity index (χ2n) is 3.45. The third-order valence-electron chi connectivity index (χ3n) is 1.58. The molecule has 0 aromatic carbocycles. The number of rotatable bonds is 6. The predicted molar refractivity (Wildman–Crippen MR) is 54.8 cm³/mol. The van der Waals surface area contributed by atoms with Crippen molar-refractivity contribution in [3.8, 4) is 0 Å². The van der Waals surface area contributed by atoms with Gasteiger partial charge in [0.15, 0.2) is 0 Å². The molecule has 0 aliphatic rings. The van der Waals surface area contributed by atoms with Crippen LogP contribution in [0.3, 0.4) is 0 Å². The van der Waals surface area contributed by atoms with Crippen LogP contribution in [0.4, 0.5) is 8.78 Å². The van der Waals surface area contributed by atoms with E-state index in [1.807, 2.05) is 5.32 Å². The summed E-state index contributed by atoms with van der Waals surface area (Å²) >= 11 is 0. The number of nitrogens with two attached hydrogens (primary N) is 1. The lowest BCUT2D eigenvalue weighted by Gasteiger charge is -2.11. The van der Waals surface area contributed by atoms with Gasteiger partial charge in [-0.3, -0.25) is 9.59 Å². The van der Waals surface area contributed by atoms with Gasteiger partial charge in [-0.25, -0.2) is 0 Å². The van der Waals surface area contributed by atoms with Crippen LogP contribution in [-0.4, -0.2) is 49.8 Å².